The van der Waals surface area contributed by atoms with Crippen molar-refractivity contribution >= 4 is 17.4 Å². The molecule has 0 aromatic heterocycles. The smallest absolute Gasteiger partial charge is 0.433 e. The first kappa shape index (κ1) is 13.8. The van der Waals surface area contributed by atoms with Crippen LogP contribution in [0.3, 0.4) is 0 Å². The molecule has 0 fully saturated rings. The van der Waals surface area contributed by atoms with Gasteiger partial charge in [0.15, 0.2) is 5.75 Å². The molecule has 0 atom stereocenters. The number of hydrogen-bond acceptors (Lipinski definition) is 4. The Kier molecular flexibility index (Phi) is 4.40. The van der Waals surface area contributed by atoms with Crippen molar-refractivity contribution in [2.75, 3.05) is 5.43 Å². The Balaban J connectivity index is 2.92. The molecule has 0 amide bonds. The lowest BCUT2D eigenvalue weighted by molar-refractivity contribution is -0.0494. The number of thioether (sulfide) groups is 1. The number of hydrazine groups is 1. The molecule has 0 saturated heterocycles. The van der Waals surface area contributed by atoms with Crippen molar-refractivity contribution in [1.82, 2.24) is 0 Å². The van der Waals surface area contributed by atoms with Gasteiger partial charge in [0.25, 0.3) is 0 Å². The Labute approximate surface area is 97.1 Å². The van der Waals surface area contributed by atoms with Gasteiger partial charge in [0.2, 0.25) is 0 Å². The molecule has 9 heteroatoms. The Bertz CT molecular complexity index is 385. The van der Waals surface area contributed by atoms with Crippen LogP contribution in [0.5, 0.6) is 5.75 Å². The van der Waals surface area contributed by atoms with E-state index in [2.05, 4.69) is 4.74 Å². The van der Waals surface area contributed by atoms with E-state index in [-0.39, 0.29) is 28.1 Å². The van der Waals surface area contributed by atoms with Crippen LogP contribution < -0.4 is 16.0 Å². The van der Waals surface area contributed by atoms with E-state index in [0.29, 0.717) is 0 Å². The van der Waals surface area contributed by atoms with Gasteiger partial charge in [-0.2, -0.15) is 22.0 Å². The Morgan fingerprint density at radius 3 is 2.41 bits per heavy atom. The van der Waals surface area contributed by atoms with Crippen molar-refractivity contribution in [2.45, 2.75) is 17.0 Å². The molecule has 0 radical (unpaired) electrons. The number of alkyl halides is 5. The number of rotatable bonds is 4. The first-order valence-electron chi connectivity index (χ1n) is 4.13. The van der Waals surface area contributed by atoms with Gasteiger partial charge in [0, 0.05) is 4.90 Å². The highest BCUT2D eigenvalue weighted by Gasteiger charge is 2.29. The fraction of sp³-hybridized carbons (Fsp3) is 0.250. The molecule has 0 spiro atoms. The Morgan fingerprint density at radius 1 is 1.29 bits per heavy atom. The minimum Gasteiger partial charge on any atom is -0.433 e. The molecule has 0 unspecified atom stereocenters. The third kappa shape index (κ3) is 4.65. The van der Waals surface area contributed by atoms with Crippen LogP contribution in [0.2, 0.25) is 0 Å². The van der Waals surface area contributed by atoms with E-state index in [1.165, 1.54) is 0 Å². The number of hydrogen-bond donors (Lipinski definition) is 2. The third-order valence-electron chi connectivity index (χ3n) is 1.56. The maximum absolute atomic E-state index is 12.0. The predicted octanol–water partition coefficient (Wildman–Crippen LogP) is 3.19. The first-order chi connectivity index (χ1) is 7.81. The molecule has 3 nitrogen and oxygen atoms in total. The summed E-state index contributed by atoms with van der Waals surface area (Å²) in [6.45, 7) is -3.08. The number of nitrogens with one attached hydrogen (secondary N) is 1. The summed E-state index contributed by atoms with van der Waals surface area (Å²) in [5.41, 5.74) is -2.63. The average molecular weight is 274 g/mol. The number of halogens is 5. The van der Waals surface area contributed by atoms with Crippen LogP contribution >= 0.6 is 11.8 Å². The largest absolute Gasteiger partial charge is 0.446 e. The topological polar surface area (TPSA) is 47.3 Å². The lowest BCUT2D eigenvalue weighted by Gasteiger charge is -2.12. The van der Waals surface area contributed by atoms with Gasteiger partial charge >= 0.3 is 12.1 Å². The van der Waals surface area contributed by atoms with Crippen LogP contribution in [0.4, 0.5) is 27.6 Å². The molecular formula is C8H7F5N2OS. The van der Waals surface area contributed by atoms with Crippen molar-refractivity contribution in [3.05, 3.63) is 18.2 Å². The lowest BCUT2D eigenvalue weighted by atomic mass is 10.3. The molecule has 0 heterocycles. The normalized spacial score (nSPS) is 11.7. The van der Waals surface area contributed by atoms with Gasteiger partial charge in [-0.3, -0.25) is 5.84 Å². The second kappa shape index (κ2) is 5.41. The summed E-state index contributed by atoms with van der Waals surface area (Å²) in [5.74, 6) is 4.67. The van der Waals surface area contributed by atoms with E-state index in [0.717, 1.165) is 18.2 Å². The standard InChI is InChI=1S/C8H7F5N2OS/c9-7(10)16-6-2-1-4(3-5(6)15-14)17-8(11,12)13/h1-3,7,15H,14H2. The summed E-state index contributed by atoms with van der Waals surface area (Å²) in [4.78, 5) is -0.188. The molecule has 1 aromatic carbocycles. The molecule has 0 aliphatic carbocycles. The first-order valence-corrected chi connectivity index (χ1v) is 4.94. The summed E-state index contributed by atoms with van der Waals surface area (Å²) in [7, 11) is 0. The van der Waals surface area contributed by atoms with Gasteiger partial charge in [-0.25, -0.2) is 0 Å². The molecule has 17 heavy (non-hydrogen) atoms. The van der Waals surface area contributed by atoms with E-state index in [1.807, 2.05) is 5.43 Å². The van der Waals surface area contributed by atoms with Crippen LogP contribution in [0.25, 0.3) is 0 Å². The second-order valence-corrected chi connectivity index (χ2v) is 3.87. The highest BCUT2D eigenvalue weighted by atomic mass is 32.2. The fourth-order valence-corrected chi connectivity index (χ4v) is 1.60. The Hall–Kier alpha value is -1.22. The van der Waals surface area contributed by atoms with E-state index in [4.69, 9.17) is 5.84 Å². The number of nitrogens with two attached hydrogens (primary N) is 1. The van der Waals surface area contributed by atoms with Crippen LogP contribution in [0.1, 0.15) is 0 Å². The van der Waals surface area contributed by atoms with Gasteiger partial charge in [0.1, 0.15) is 0 Å². The van der Waals surface area contributed by atoms with Crippen LogP contribution in [0, 0.1) is 0 Å². The predicted molar refractivity (Wildman–Crippen MR) is 52.8 cm³/mol. The van der Waals surface area contributed by atoms with Crippen LogP contribution in [-0.4, -0.2) is 12.1 Å². The van der Waals surface area contributed by atoms with Crippen molar-refractivity contribution in [2.24, 2.45) is 5.84 Å². The van der Waals surface area contributed by atoms with Gasteiger partial charge in [-0.05, 0) is 30.0 Å². The van der Waals surface area contributed by atoms with Gasteiger partial charge in [0.05, 0.1) is 5.69 Å². The minimum absolute atomic E-state index is 0.153. The number of ether oxygens (including phenoxy) is 1. The average Bonchev–Trinajstić information content (AvgIpc) is 2.17. The summed E-state index contributed by atoms with van der Waals surface area (Å²) in [6, 6.07) is 2.96. The zero-order valence-corrected chi connectivity index (χ0v) is 8.91. The maximum atomic E-state index is 12.0. The molecule has 0 aliphatic heterocycles. The highest BCUT2D eigenvalue weighted by Crippen LogP contribution is 2.39. The van der Waals surface area contributed by atoms with E-state index in [1.54, 1.807) is 0 Å². The molecule has 0 aliphatic rings. The van der Waals surface area contributed by atoms with Crippen molar-refractivity contribution in [3.8, 4) is 5.75 Å². The van der Waals surface area contributed by atoms with Crippen LogP contribution in [-0.2, 0) is 0 Å². The molecule has 96 valence electrons. The van der Waals surface area contributed by atoms with Crippen molar-refractivity contribution < 1.29 is 26.7 Å². The molecule has 0 saturated carbocycles. The third-order valence-corrected chi connectivity index (χ3v) is 2.28. The number of nitrogen functional groups attached to an aromatic ring is 1. The minimum atomic E-state index is -4.46. The van der Waals surface area contributed by atoms with Crippen LogP contribution in [0.15, 0.2) is 23.1 Å². The van der Waals surface area contributed by atoms with E-state index < -0.39 is 12.1 Å². The van der Waals surface area contributed by atoms with Gasteiger partial charge in [-0.15, -0.1) is 0 Å². The van der Waals surface area contributed by atoms with Crippen molar-refractivity contribution in [3.63, 3.8) is 0 Å². The lowest BCUT2D eigenvalue weighted by Crippen LogP contribution is -2.11. The molecule has 1 rings (SSSR count). The van der Waals surface area contributed by atoms with Gasteiger partial charge < -0.3 is 10.2 Å². The summed E-state index contributed by atoms with van der Waals surface area (Å²) >= 11 is -0.381. The quantitative estimate of drug-likeness (QED) is 0.383. The highest BCUT2D eigenvalue weighted by molar-refractivity contribution is 8.00. The molecule has 3 N–H and O–H groups in total. The second-order valence-electron chi connectivity index (χ2n) is 2.73. The monoisotopic (exact) mass is 274 g/mol. The summed E-state index contributed by atoms with van der Waals surface area (Å²) in [6.07, 6.45) is 0. The SMILES string of the molecule is NNc1cc(SC(F)(F)F)ccc1OC(F)F. The summed E-state index contributed by atoms with van der Waals surface area (Å²) in [5, 5.41) is 0. The zero-order chi connectivity index (χ0) is 13.1. The van der Waals surface area contributed by atoms with Gasteiger partial charge in [-0.1, -0.05) is 0 Å². The number of anilines is 1. The summed E-state index contributed by atoms with van der Waals surface area (Å²) < 4.78 is 64.1. The van der Waals surface area contributed by atoms with E-state index >= 15 is 0 Å². The molecule has 1 aromatic rings. The van der Waals surface area contributed by atoms with E-state index in [9.17, 15) is 22.0 Å². The maximum Gasteiger partial charge on any atom is 0.446 e. The molecule has 0 bridgehead atoms. The number of benzene rings is 1. The zero-order valence-electron chi connectivity index (χ0n) is 8.09. The van der Waals surface area contributed by atoms with Crippen molar-refractivity contribution in [1.29, 1.82) is 0 Å². The molecular weight excluding hydrogens is 267 g/mol. The fourth-order valence-electron chi connectivity index (χ4n) is 1.02. The Morgan fingerprint density at radius 2 is 1.94 bits per heavy atom.